The van der Waals surface area contributed by atoms with Gasteiger partial charge in [-0.2, -0.15) is 0 Å². The number of ketones is 1. The number of carbonyl (C=O) groups is 1. The van der Waals surface area contributed by atoms with Crippen molar-refractivity contribution >= 4 is 5.78 Å². The van der Waals surface area contributed by atoms with Crippen molar-refractivity contribution in [2.45, 2.75) is 31.6 Å². The summed E-state index contributed by atoms with van der Waals surface area (Å²) in [5, 5.41) is 0. The van der Waals surface area contributed by atoms with E-state index in [1.54, 1.807) is 6.20 Å². The van der Waals surface area contributed by atoms with Crippen molar-refractivity contribution in [3.05, 3.63) is 18.4 Å². The third-order valence-electron chi connectivity index (χ3n) is 2.30. The predicted molar refractivity (Wildman–Crippen MR) is 42.7 cm³/mol. The van der Waals surface area contributed by atoms with Crippen molar-refractivity contribution in [2.24, 2.45) is 0 Å². The number of aromatic nitrogens is 1. The van der Waals surface area contributed by atoms with E-state index in [9.17, 15) is 4.79 Å². The molecular formula is C9H11NO2. The molecule has 0 amide bonds. The minimum absolute atomic E-state index is 0.0613. The molecule has 0 radical (unpaired) electrons. The molecular weight excluding hydrogens is 154 g/mol. The van der Waals surface area contributed by atoms with Gasteiger partial charge in [-0.3, -0.25) is 4.79 Å². The molecule has 0 spiro atoms. The first-order chi connectivity index (χ1) is 5.88. The van der Waals surface area contributed by atoms with Crippen molar-refractivity contribution in [1.29, 1.82) is 0 Å². The number of nitrogens with zero attached hydrogens (tertiary/aromatic N) is 1. The highest BCUT2D eigenvalue weighted by Gasteiger charge is 2.26. The van der Waals surface area contributed by atoms with Crippen LogP contribution in [-0.4, -0.2) is 10.8 Å². The molecule has 1 aromatic heterocycles. The molecule has 0 aromatic carbocycles. The van der Waals surface area contributed by atoms with Gasteiger partial charge in [-0.25, -0.2) is 4.98 Å². The van der Waals surface area contributed by atoms with E-state index in [0.29, 0.717) is 12.3 Å². The molecule has 1 atom stereocenters. The minimum atomic E-state index is -0.0613. The largest absolute Gasteiger partial charge is 0.448 e. The normalized spacial score (nSPS) is 24.3. The molecule has 1 aromatic rings. The van der Waals surface area contributed by atoms with E-state index in [1.165, 1.54) is 6.26 Å². The quantitative estimate of drug-likeness (QED) is 0.638. The topological polar surface area (TPSA) is 43.1 Å². The second kappa shape index (κ2) is 3.09. The number of carbonyl (C=O) groups excluding carboxylic acids is 1. The Hall–Kier alpha value is -1.12. The molecule has 1 unspecified atom stereocenters. The van der Waals surface area contributed by atoms with Gasteiger partial charge in [-0.15, -0.1) is 0 Å². The fourth-order valence-electron chi connectivity index (χ4n) is 1.65. The van der Waals surface area contributed by atoms with Gasteiger partial charge in [-0.1, -0.05) is 6.42 Å². The fourth-order valence-corrected chi connectivity index (χ4v) is 1.65. The van der Waals surface area contributed by atoms with Crippen molar-refractivity contribution in [3.8, 4) is 0 Å². The van der Waals surface area contributed by atoms with Crippen LogP contribution < -0.4 is 0 Å². The van der Waals surface area contributed by atoms with Gasteiger partial charge in [0.1, 0.15) is 12.0 Å². The molecule has 1 aliphatic rings. The first kappa shape index (κ1) is 7.53. The van der Waals surface area contributed by atoms with Crippen LogP contribution in [0.25, 0.3) is 0 Å². The van der Waals surface area contributed by atoms with Crippen LogP contribution in [0.5, 0.6) is 0 Å². The highest BCUT2D eigenvalue weighted by molar-refractivity contribution is 5.85. The van der Waals surface area contributed by atoms with E-state index in [0.717, 1.165) is 19.3 Å². The maximum atomic E-state index is 11.4. The average Bonchev–Trinajstić information content (AvgIpc) is 2.57. The molecule has 0 bridgehead atoms. The van der Waals surface area contributed by atoms with Crippen molar-refractivity contribution in [3.63, 3.8) is 0 Å². The first-order valence-corrected chi connectivity index (χ1v) is 4.30. The van der Waals surface area contributed by atoms with Gasteiger partial charge >= 0.3 is 0 Å². The lowest BCUT2D eigenvalue weighted by Crippen LogP contribution is -2.17. The zero-order valence-electron chi connectivity index (χ0n) is 6.82. The molecule has 1 heterocycles. The van der Waals surface area contributed by atoms with Crippen LogP contribution in [0.1, 0.15) is 37.5 Å². The van der Waals surface area contributed by atoms with E-state index in [-0.39, 0.29) is 11.7 Å². The van der Waals surface area contributed by atoms with Gasteiger partial charge in [0, 0.05) is 6.42 Å². The second-order valence-corrected chi connectivity index (χ2v) is 3.14. The summed E-state index contributed by atoms with van der Waals surface area (Å²) >= 11 is 0. The summed E-state index contributed by atoms with van der Waals surface area (Å²) in [5.74, 6) is 0.817. The van der Waals surface area contributed by atoms with Crippen molar-refractivity contribution in [2.75, 3.05) is 0 Å². The highest BCUT2D eigenvalue weighted by atomic mass is 16.3. The summed E-state index contributed by atoms with van der Waals surface area (Å²) in [5.41, 5.74) is 0. The third kappa shape index (κ3) is 1.26. The Balaban J connectivity index is 2.17. The van der Waals surface area contributed by atoms with Gasteiger partial charge in [0.15, 0.2) is 0 Å². The second-order valence-electron chi connectivity index (χ2n) is 3.14. The Morgan fingerprint density at radius 2 is 2.42 bits per heavy atom. The molecule has 1 aliphatic carbocycles. The van der Waals surface area contributed by atoms with Crippen LogP contribution >= 0.6 is 0 Å². The van der Waals surface area contributed by atoms with Crippen LogP contribution in [0.15, 0.2) is 16.9 Å². The lowest BCUT2D eigenvalue weighted by atomic mass is 9.88. The standard InChI is InChI=1S/C9H11NO2/c11-8-4-2-1-3-7(8)9-10-5-6-12-9/h5-7H,1-4H2. The van der Waals surface area contributed by atoms with Gasteiger partial charge in [-0.05, 0) is 12.8 Å². The number of hydrogen-bond acceptors (Lipinski definition) is 3. The van der Waals surface area contributed by atoms with E-state index in [4.69, 9.17) is 4.42 Å². The molecule has 1 fully saturated rings. The Morgan fingerprint density at radius 1 is 1.50 bits per heavy atom. The van der Waals surface area contributed by atoms with Crippen molar-refractivity contribution in [1.82, 2.24) is 4.98 Å². The number of rotatable bonds is 1. The summed E-state index contributed by atoms with van der Waals surface area (Å²) in [6.45, 7) is 0. The predicted octanol–water partition coefficient (Wildman–Crippen LogP) is 1.90. The van der Waals surface area contributed by atoms with Gasteiger partial charge in [0.25, 0.3) is 0 Å². The lowest BCUT2D eigenvalue weighted by Gasteiger charge is -2.16. The Kier molecular flexibility index (Phi) is 1.94. The summed E-state index contributed by atoms with van der Waals surface area (Å²) in [7, 11) is 0. The molecule has 0 aliphatic heterocycles. The van der Waals surface area contributed by atoms with Crippen LogP contribution in [0.2, 0.25) is 0 Å². The van der Waals surface area contributed by atoms with Gasteiger partial charge in [0.05, 0.1) is 12.1 Å². The van der Waals surface area contributed by atoms with Gasteiger partial charge in [0.2, 0.25) is 5.89 Å². The zero-order chi connectivity index (χ0) is 8.39. The van der Waals surface area contributed by atoms with E-state index in [1.807, 2.05) is 0 Å². The molecule has 0 saturated heterocycles. The zero-order valence-corrected chi connectivity index (χ0v) is 6.82. The highest BCUT2D eigenvalue weighted by Crippen LogP contribution is 2.28. The number of oxazole rings is 1. The Morgan fingerprint density at radius 3 is 3.08 bits per heavy atom. The lowest BCUT2D eigenvalue weighted by molar-refractivity contribution is -0.122. The van der Waals surface area contributed by atoms with Crippen molar-refractivity contribution < 1.29 is 9.21 Å². The molecule has 1 saturated carbocycles. The number of Topliss-reactive ketones (excluding diaryl/α,β-unsaturated/α-hetero) is 1. The summed E-state index contributed by atoms with van der Waals surface area (Å²) < 4.78 is 5.11. The SMILES string of the molecule is O=C1CCCCC1c1ncco1. The van der Waals surface area contributed by atoms with Crippen LogP contribution in [0.3, 0.4) is 0 Å². The Labute approximate surface area is 70.8 Å². The molecule has 0 N–H and O–H groups in total. The number of hydrogen-bond donors (Lipinski definition) is 0. The Bertz CT molecular complexity index is 266. The summed E-state index contributed by atoms with van der Waals surface area (Å²) in [4.78, 5) is 15.4. The first-order valence-electron chi connectivity index (χ1n) is 4.30. The van der Waals surface area contributed by atoms with Crippen LogP contribution in [0, 0.1) is 0 Å². The summed E-state index contributed by atoms with van der Waals surface area (Å²) in [6, 6.07) is 0. The van der Waals surface area contributed by atoms with Crippen LogP contribution in [-0.2, 0) is 4.79 Å². The fraction of sp³-hybridized carbons (Fsp3) is 0.556. The maximum absolute atomic E-state index is 11.4. The molecule has 3 nitrogen and oxygen atoms in total. The van der Waals surface area contributed by atoms with E-state index >= 15 is 0 Å². The third-order valence-corrected chi connectivity index (χ3v) is 2.30. The maximum Gasteiger partial charge on any atom is 0.204 e. The molecule has 2 rings (SSSR count). The van der Waals surface area contributed by atoms with E-state index in [2.05, 4.69) is 4.98 Å². The monoisotopic (exact) mass is 165 g/mol. The minimum Gasteiger partial charge on any atom is -0.448 e. The molecule has 64 valence electrons. The molecule has 3 heteroatoms. The average molecular weight is 165 g/mol. The van der Waals surface area contributed by atoms with Gasteiger partial charge < -0.3 is 4.42 Å². The van der Waals surface area contributed by atoms with E-state index < -0.39 is 0 Å². The summed E-state index contributed by atoms with van der Waals surface area (Å²) in [6.07, 6.45) is 6.84. The van der Waals surface area contributed by atoms with Crippen LogP contribution in [0.4, 0.5) is 0 Å². The molecule has 12 heavy (non-hydrogen) atoms. The smallest absolute Gasteiger partial charge is 0.204 e.